The van der Waals surface area contributed by atoms with E-state index in [1.54, 1.807) is 13.2 Å². The van der Waals surface area contributed by atoms with Crippen LogP contribution in [0.5, 0.6) is 5.75 Å². The summed E-state index contributed by atoms with van der Waals surface area (Å²) in [7, 11) is 1.59. The van der Waals surface area contributed by atoms with Gasteiger partial charge in [-0.3, -0.25) is 0 Å². The standard InChI is InChI=1S/C14H21FN2O/c1-18-14-6-5-11(15)9-12(14)13(16)10-17-7-3-2-4-8-17/h5-6,9,13H,2-4,7-8,10,16H2,1H3. The molecule has 1 heterocycles. The normalized spacial score (nSPS) is 18.6. The van der Waals surface area contributed by atoms with E-state index in [1.807, 2.05) is 0 Å². The Morgan fingerprint density at radius 3 is 2.72 bits per heavy atom. The molecule has 1 unspecified atom stereocenters. The quantitative estimate of drug-likeness (QED) is 0.893. The Labute approximate surface area is 108 Å². The molecule has 4 heteroatoms. The van der Waals surface area contributed by atoms with Gasteiger partial charge in [-0.2, -0.15) is 0 Å². The van der Waals surface area contributed by atoms with E-state index in [9.17, 15) is 4.39 Å². The van der Waals surface area contributed by atoms with E-state index in [0.29, 0.717) is 5.75 Å². The van der Waals surface area contributed by atoms with Crippen LogP contribution in [0.25, 0.3) is 0 Å². The second-order valence-electron chi connectivity index (χ2n) is 4.85. The molecule has 0 aromatic heterocycles. The number of nitrogens with zero attached hydrogens (tertiary/aromatic N) is 1. The first-order chi connectivity index (χ1) is 8.70. The SMILES string of the molecule is COc1ccc(F)cc1C(N)CN1CCCCC1. The molecule has 0 saturated carbocycles. The highest BCUT2D eigenvalue weighted by atomic mass is 19.1. The van der Waals surface area contributed by atoms with Gasteiger partial charge in [-0.1, -0.05) is 6.42 Å². The molecule has 1 aromatic carbocycles. The zero-order valence-electron chi connectivity index (χ0n) is 10.9. The van der Waals surface area contributed by atoms with Crippen LogP contribution < -0.4 is 10.5 Å². The highest BCUT2D eigenvalue weighted by molar-refractivity contribution is 5.36. The lowest BCUT2D eigenvalue weighted by Gasteiger charge is -2.29. The molecule has 1 atom stereocenters. The maximum absolute atomic E-state index is 13.3. The fraction of sp³-hybridized carbons (Fsp3) is 0.571. The van der Waals surface area contributed by atoms with Crippen molar-refractivity contribution in [3.8, 4) is 5.75 Å². The highest BCUT2D eigenvalue weighted by Crippen LogP contribution is 2.25. The first-order valence-corrected chi connectivity index (χ1v) is 6.52. The topological polar surface area (TPSA) is 38.5 Å². The number of piperidine rings is 1. The van der Waals surface area contributed by atoms with Crippen LogP contribution in [0.3, 0.4) is 0 Å². The van der Waals surface area contributed by atoms with E-state index in [1.165, 1.54) is 31.4 Å². The van der Waals surface area contributed by atoms with Gasteiger partial charge >= 0.3 is 0 Å². The third kappa shape index (κ3) is 3.21. The van der Waals surface area contributed by atoms with Crippen LogP contribution in [-0.4, -0.2) is 31.6 Å². The predicted octanol–water partition coefficient (Wildman–Crippen LogP) is 2.32. The average Bonchev–Trinajstić information content (AvgIpc) is 2.40. The largest absolute Gasteiger partial charge is 0.496 e. The predicted molar refractivity (Wildman–Crippen MR) is 70.2 cm³/mol. The summed E-state index contributed by atoms with van der Waals surface area (Å²) in [5.41, 5.74) is 6.94. The summed E-state index contributed by atoms with van der Waals surface area (Å²) in [5.74, 6) is 0.404. The zero-order valence-corrected chi connectivity index (χ0v) is 10.9. The molecule has 0 radical (unpaired) electrons. The number of benzene rings is 1. The summed E-state index contributed by atoms with van der Waals surface area (Å²) in [6.45, 7) is 2.94. The number of likely N-dealkylation sites (tertiary alicyclic amines) is 1. The molecule has 1 aliphatic rings. The number of halogens is 1. The summed E-state index contributed by atoms with van der Waals surface area (Å²) >= 11 is 0. The smallest absolute Gasteiger partial charge is 0.123 e. The van der Waals surface area contributed by atoms with E-state index < -0.39 is 0 Å². The third-order valence-corrected chi connectivity index (χ3v) is 3.49. The van der Waals surface area contributed by atoms with E-state index >= 15 is 0 Å². The number of hydrogen-bond donors (Lipinski definition) is 1. The molecule has 2 N–H and O–H groups in total. The summed E-state index contributed by atoms with van der Waals surface area (Å²) in [6.07, 6.45) is 3.76. The number of nitrogens with two attached hydrogens (primary N) is 1. The minimum Gasteiger partial charge on any atom is -0.496 e. The van der Waals surface area contributed by atoms with Crippen LogP contribution >= 0.6 is 0 Å². The van der Waals surface area contributed by atoms with E-state index in [0.717, 1.165) is 25.2 Å². The second kappa shape index (κ2) is 6.16. The first kappa shape index (κ1) is 13.3. The zero-order chi connectivity index (χ0) is 13.0. The molecular weight excluding hydrogens is 231 g/mol. The van der Waals surface area contributed by atoms with Gasteiger partial charge < -0.3 is 15.4 Å². The van der Waals surface area contributed by atoms with Crippen molar-refractivity contribution in [2.75, 3.05) is 26.7 Å². The van der Waals surface area contributed by atoms with Crippen LogP contribution in [0.15, 0.2) is 18.2 Å². The van der Waals surface area contributed by atoms with Gasteiger partial charge in [0.2, 0.25) is 0 Å². The van der Waals surface area contributed by atoms with Crippen LogP contribution in [0.1, 0.15) is 30.9 Å². The molecule has 1 saturated heterocycles. The van der Waals surface area contributed by atoms with Crippen molar-refractivity contribution in [3.05, 3.63) is 29.6 Å². The average molecular weight is 252 g/mol. The van der Waals surface area contributed by atoms with Crippen LogP contribution in [-0.2, 0) is 0 Å². The van der Waals surface area contributed by atoms with Gasteiger partial charge in [-0.05, 0) is 44.1 Å². The third-order valence-electron chi connectivity index (χ3n) is 3.49. The van der Waals surface area contributed by atoms with Gasteiger partial charge in [-0.15, -0.1) is 0 Å². The lowest BCUT2D eigenvalue weighted by atomic mass is 10.0. The maximum Gasteiger partial charge on any atom is 0.123 e. The van der Waals surface area contributed by atoms with Gasteiger partial charge in [0.15, 0.2) is 0 Å². The Kier molecular flexibility index (Phi) is 4.55. The number of hydrogen-bond acceptors (Lipinski definition) is 3. The Balaban J connectivity index is 2.07. The van der Waals surface area contributed by atoms with Gasteiger partial charge in [0.05, 0.1) is 7.11 Å². The van der Waals surface area contributed by atoms with Gasteiger partial charge in [0.25, 0.3) is 0 Å². The molecule has 0 aliphatic carbocycles. The van der Waals surface area contributed by atoms with Crippen molar-refractivity contribution in [2.45, 2.75) is 25.3 Å². The summed E-state index contributed by atoms with van der Waals surface area (Å²) in [4.78, 5) is 2.35. The number of rotatable bonds is 4. The Morgan fingerprint density at radius 2 is 2.06 bits per heavy atom. The van der Waals surface area contributed by atoms with Crippen LogP contribution in [0.2, 0.25) is 0 Å². The monoisotopic (exact) mass is 252 g/mol. The molecule has 1 fully saturated rings. The lowest BCUT2D eigenvalue weighted by Crippen LogP contribution is -2.36. The van der Waals surface area contributed by atoms with Crippen molar-refractivity contribution >= 4 is 0 Å². The van der Waals surface area contributed by atoms with E-state index in [2.05, 4.69) is 4.90 Å². The molecule has 100 valence electrons. The number of ether oxygens (including phenoxy) is 1. The van der Waals surface area contributed by atoms with E-state index in [4.69, 9.17) is 10.5 Å². The molecule has 0 spiro atoms. The van der Waals surface area contributed by atoms with Gasteiger partial charge in [0, 0.05) is 18.2 Å². The van der Waals surface area contributed by atoms with Crippen molar-refractivity contribution < 1.29 is 9.13 Å². The van der Waals surface area contributed by atoms with Crippen molar-refractivity contribution in [1.82, 2.24) is 4.90 Å². The molecule has 18 heavy (non-hydrogen) atoms. The minimum atomic E-state index is -0.264. The second-order valence-corrected chi connectivity index (χ2v) is 4.85. The first-order valence-electron chi connectivity index (χ1n) is 6.52. The van der Waals surface area contributed by atoms with Crippen molar-refractivity contribution in [1.29, 1.82) is 0 Å². The molecule has 1 aliphatic heterocycles. The molecule has 0 bridgehead atoms. The fourth-order valence-corrected chi connectivity index (χ4v) is 2.51. The maximum atomic E-state index is 13.3. The molecular formula is C14H21FN2O. The highest BCUT2D eigenvalue weighted by Gasteiger charge is 2.18. The summed E-state index contributed by atoms with van der Waals surface area (Å²) in [6, 6.07) is 4.32. The Morgan fingerprint density at radius 1 is 1.33 bits per heavy atom. The van der Waals surface area contributed by atoms with E-state index in [-0.39, 0.29) is 11.9 Å². The minimum absolute atomic E-state index is 0.200. The van der Waals surface area contributed by atoms with Crippen LogP contribution in [0.4, 0.5) is 4.39 Å². The fourth-order valence-electron chi connectivity index (χ4n) is 2.51. The van der Waals surface area contributed by atoms with Gasteiger partial charge in [-0.25, -0.2) is 4.39 Å². The van der Waals surface area contributed by atoms with Gasteiger partial charge in [0.1, 0.15) is 11.6 Å². The molecule has 1 aromatic rings. The van der Waals surface area contributed by atoms with Crippen LogP contribution in [0, 0.1) is 5.82 Å². The lowest BCUT2D eigenvalue weighted by molar-refractivity contribution is 0.215. The summed E-state index contributed by atoms with van der Waals surface area (Å²) in [5, 5.41) is 0. The van der Waals surface area contributed by atoms with Crippen molar-refractivity contribution in [2.24, 2.45) is 5.73 Å². The Hall–Kier alpha value is -1.13. The Bertz CT molecular complexity index is 391. The molecule has 2 rings (SSSR count). The summed E-state index contributed by atoms with van der Waals surface area (Å²) < 4.78 is 18.5. The van der Waals surface area contributed by atoms with Crippen molar-refractivity contribution in [3.63, 3.8) is 0 Å². The number of methoxy groups -OCH3 is 1. The molecule has 0 amide bonds. The molecule has 3 nitrogen and oxygen atoms in total.